The first-order valence-corrected chi connectivity index (χ1v) is 4.78. The third-order valence-corrected chi connectivity index (χ3v) is 2.34. The predicted octanol–water partition coefficient (Wildman–Crippen LogP) is 1.72. The summed E-state index contributed by atoms with van der Waals surface area (Å²) in [5.41, 5.74) is 1.07. The maximum Gasteiger partial charge on any atom is 0.287 e. The van der Waals surface area contributed by atoms with E-state index in [-0.39, 0.29) is 6.10 Å². The summed E-state index contributed by atoms with van der Waals surface area (Å²) in [6, 6.07) is 1.92. The zero-order valence-electron chi connectivity index (χ0n) is 7.88. The maximum absolute atomic E-state index is 5.70. The van der Waals surface area contributed by atoms with Crippen molar-refractivity contribution in [2.24, 2.45) is 0 Å². The molecule has 1 aromatic rings. The highest BCUT2D eigenvalue weighted by molar-refractivity contribution is 5.20. The van der Waals surface area contributed by atoms with E-state index in [4.69, 9.17) is 9.15 Å². The van der Waals surface area contributed by atoms with Gasteiger partial charge < -0.3 is 14.5 Å². The van der Waals surface area contributed by atoms with Crippen LogP contribution in [0.5, 0.6) is 5.95 Å². The van der Waals surface area contributed by atoms with Gasteiger partial charge in [-0.15, -0.1) is 0 Å². The number of hydrogen-bond acceptors (Lipinski definition) is 3. The molecule has 1 N–H and O–H groups in total. The monoisotopic (exact) mass is 181 g/mol. The van der Waals surface area contributed by atoms with Crippen LogP contribution >= 0.6 is 0 Å². The molecule has 0 spiro atoms. The lowest BCUT2D eigenvalue weighted by molar-refractivity contribution is 0.129. The molecule has 0 radical (unpaired) electrons. The second-order valence-electron chi connectivity index (χ2n) is 3.48. The molecule has 0 saturated carbocycles. The molecular weight excluding hydrogens is 166 g/mol. The molecule has 1 atom stereocenters. The second kappa shape index (κ2) is 3.83. The summed E-state index contributed by atoms with van der Waals surface area (Å²) in [6.45, 7) is 4.03. The quantitative estimate of drug-likeness (QED) is 0.754. The number of nitrogens with one attached hydrogen (secondary N) is 1. The van der Waals surface area contributed by atoms with E-state index in [0.29, 0.717) is 5.95 Å². The lowest BCUT2D eigenvalue weighted by atomic mass is 10.1. The number of furan rings is 1. The second-order valence-corrected chi connectivity index (χ2v) is 3.48. The van der Waals surface area contributed by atoms with Crippen molar-refractivity contribution in [3.8, 4) is 5.95 Å². The first kappa shape index (κ1) is 8.63. The van der Waals surface area contributed by atoms with Gasteiger partial charge in [-0.2, -0.15) is 0 Å². The highest BCUT2D eigenvalue weighted by atomic mass is 16.6. The Kier molecular flexibility index (Phi) is 2.54. The largest absolute Gasteiger partial charge is 0.460 e. The maximum atomic E-state index is 5.70. The average Bonchev–Trinajstić information content (AvgIpc) is 2.54. The number of piperidine rings is 1. The van der Waals surface area contributed by atoms with Crippen molar-refractivity contribution >= 4 is 0 Å². The Morgan fingerprint density at radius 3 is 3.15 bits per heavy atom. The Balaban J connectivity index is 1.93. The Morgan fingerprint density at radius 2 is 2.54 bits per heavy atom. The minimum atomic E-state index is 0.276. The Labute approximate surface area is 78.1 Å². The molecule has 0 bridgehead atoms. The highest BCUT2D eigenvalue weighted by Gasteiger charge is 2.16. The van der Waals surface area contributed by atoms with Gasteiger partial charge in [0.15, 0.2) is 0 Å². The van der Waals surface area contributed by atoms with E-state index in [1.54, 1.807) is 6.26 Å². The van der Waals surface area contributed by atoms with E-state index >= 15 is 0 Å². The average molecular weight is 181 g/mol. The summed E-state index contributed by atoms with van der Waals surface area (Å²) < 4.78 is 10.9. The summed E-state index contributed by atoms with van der Waals surface area (Å²) >= 11 is 0. The molecule has 1 unspecified atom stereocenters. The van der Waals surface area contributed by atoms with Crippen LogP contribution in [0.3, 0.4) is 0 Å². The smallest absolute Gasteiger partial charge is 0.287 e. The highest BCUT2D eigenvalue weighted by Crippen LogP contribution is 2.21. The molecule has 1 saturated heterocycles. The van der Waals surface area contributed by atoms with Gasteiger partial charge in [0.05, 0.1) is 6.26 Å². The molecule has 1 fully saturated rings. The Bertz CT molecular complexity index is 264. The van der Waals surface area contributed by atoms with Crippen LogP contribution < -0.4 is 10.1 Å². The van der Waals surface area contributed by atoms with E-state index in [0.717, 1.165) is 25.1 Å². The van der Waals surface area contributed by atoms with Crippen molar-refractivity contribution in [3.05, 3.63) is 17.9 Å². The third-order valence-electron chi connectivity index (χ3n) is 2.34. The lowest BCUT2D eigenvalue weighted by Crippen LogP contribution is -2.37. The SMILES string of the molecule is Cc1ccoc1OC1CCCNC1. The molecule has 1 aliphatic rings. The number of hydrogen-bond donors (Lipinski definition) is 1. The van der Waals surface area contributed by atoms with Crippen LogP contribution in [-0.2, 0) is 0 Å². The molecule has 1 aromatic heterocycles. The van der Waals surface area contributed by atoms with Crippen LogP contribution in [0.2, 0.25) is 0 Å². The van der Waals surface area contributed by atoms with Crippen molar-refractivity contribution in [1.29, 1.82) is 0 Å². The summed E-state index contributed by atoms with van der Waals surface area (Å²) in [7, 11) is 0. The van der Waals surface area contributed by atoms with Crippen molar-refractivity contribution in [3.63, 3.8) is 0 Å². The number of aryl methyl sites for hydroxylation is 1. The summed E-state index contributed by atoms with van der Waals surface area (Å²) in [5, 5.41) is 3.30. The molecule has 3 nitrogen and oxygen atoms in total. The molecule has 2 heterocycles. The Hall–Kier alpha value is -0.960. The molecule has 72 valence electrons. The fraction of sp³-hybridized carbons (Fsp3) is 0.600. The zero-order chi connectivity index (χ0) is 9.10. The van der Waals surface area contributed by atoms with E-state index in [9.17, 15) is 0 Å². The first-order chi connectivity index (χ1) is 6.36. The normalized spacial score (nSPS) is 23.0. The van der Waals surface area contributed by atoms with E-state index in [2.05, 4.69) is 5.32 Å². The van der Waals surface area contributed by atoms with Gasteiger partial charge in [0, 0.05) is 12.1 Å². The van der Waals surface area contributed by atoms with Crippen LogP contribution in [0.1, 0.15) is 18.4 Å². The number of ether oxygens (including phenoxy) is 1. The van der Waals surface area contributed by atoms with Gasteiger partial charge in [0.1, 0.15) is 6.10 Å². The zero-order valence-corrected chi connectivity index (χ0v) is 7.88. The van der Waals surface area contributed by atoms with E-state index in [1.165, 1.54) is 6.42 Å². The summed E-state index contributed by atoms with van der Waals surface area (Å²) in [5.74, 6) is 0.675. The minimum Gasteiger partial charge on any atom is -0.460 e. The fourth-order valence-corrected chi connectivity index (χ4v) is 1.55. The molecule has 1 aliphatic heterocycles. The van der Waals surface area contributed by atoms with Crippen LogP contribution in [0.4, 0.5) is 0 Å². The van der Waals surface area contributed by atoms with E-state index in [1.807, 2.05) is 13.0 Å². The van der Waals surface area contributed by atoms with Gasteiger partial charge in [-0.1, -0.05) is 0 Å². The summed E-state index contributed by atoms with van der Waals surface area (Å²) in [4.78, 5) is 0. The van der Waals surface area contributed by atoms with Crippen molar-refractivity contribution < 1.29 is 9.15 Å². The van der Waals surface area contributed by atoms with Crippen LogP contribution in [0.15, 0.2) is 16.7 Å². The van der Waals surface area contributed by atoms with Gasteiger partial charge in [0.2, 0.25) is 0 Å². The first-order valence-electron chi connectivity index (χ1n) is 4.78. The molecule has 3 heteroatoms. The molecule has 13 heavy (non-hydrogen) atoms. The van der Waals surface area contributed by atoms with Gasteiger partial charge in [0.25, 0.3) is 5.95 Å². The van der Waals surface area contributed by atoms with Gasteiger partial charge >= 0.3 is 0 Å². The minimum absolute atomic E-state index is 0.276. The Morgan fingerprint density at radius 1 is 1.62 bits per heavy atom. The van der Waals surface area contributed by atoms with Crippen LogP contribution in [0.25, 0.3) is 0 Å². The van der Waals surface area contributed by atoms with Crippen molar-refractivity contribution in [1.82, 2.24) is 5.32 Å². The molecule has 0 aliphatic carbocycles. The van der Waals surface area contributed by atoms with Gasteiger partial charge in [-0.05, 0) is 32.4 Å². The van der Waals surface area contributed by atoms with Gasteiger partial charge in [-0.25, -0.2) is 0 Å². The fourth-order valence-electron chi connectivity index (χ4n) is 1.55. The standard InChI is InChI=1S/C10H15NO2/c1-8-4-6-12-10(8)13-9-3-2-5-11-7-9/h4,6,9,11H,2-3,5,7H2,1H3. The van der Waals surface area contributed by atoms with Crippen LogP contribution in [0, 0.1) is 6.92 Å². The van der Waals surface area contributed by atoms with E-state index < -0.39 is 0 Å². The van der Waals surface area contributed by atoms with Gasteiger partial charge in [-0.3, -0.25) is 0 Å². The van der Waals surface area contributed by atoms with Crippen molar-refractivity contribution in [2.75, 3.05) is 13.1 Å². The van der Waals surface area contributed by atoms with Crippen molar-refractivity contribution in [2.45, 2.75) is 25.9 Å². The van der Waals surface area contributed by atoms with Crippen LogP contribution in [-0.4, -0.2) is 19.2 Å². The topological polar surface area (TPSA) is 34.4 Å². The predicted molar refractivity (Wildman–Crippen MR) is 50.0 cm³/mol. The molecule has 0 amide bonds. The molecular formula is C10H15NO2. The third kappa shape index (κ3) is 2.04. The summed E-state index contributed by atoms with van der Waals surface area (Å²) in [6.07, 6.45) is 4.25. The lowest BCUT2D eigenvalue weighted by Gasteiger charge is -2.22. The molecule has 2 rings (SSSR count). The number of rotatable bonds is 2. The molecule has 0 aromatic carbocycles.